The number of carbonyl (C=O) groups is 2. The first-order valence-corrected chi connectivity index (χ1v) is 13.5. The second kappa shape index (κ2) is 25.2. The minimum atomic E-state index is -0.724. The van der Waals surface area contributed by atoms with Gasteiger partial charge in [-0.1, -0.05) is 122 Å². The smallest absolute Gasteiger partial charge is 0.305 e. The molecule has 0 spiro atoms. The van der Waals surface area contributed by atoms with Crippen molar-refractivity contribution in [3.05, 3.63) is 0 Å². The third-order valence-electron chi connectivity index (χ3n) is 6.03. The molecular formula is C27H52O4. The largest absolute Gasteiger partial charge is 0.481 e. The Morgan fingerprint density at radius 1 is 0.516 bits per heavy atom. The van der Waals surface area contributed by atoms with Gasteiger partial charge >= 0.3 is 11.9 Å². The predicted octanol–water partition coefficient (Wildman–Crippen LogP) is 8.61. The van der Waals surface area contributed by atoms with Crippen LogP contribution in [0.3, 0.4) is 0 Å². The number of rotatable bonds is 25. The lowest BCUT2D eigenvalue weighted by atomic mass is 10.0. The minimum Gasteiger partial charge on any atom is -0.481 e. The van der Waals surface area contributed by atoms with Gasteiger partial charge in [0.15, 0.2) is 0 Å². The van der Waals surface area contributed by atoms with E-state index >= 15 is 0 Å². The van der Waals surface area contributed by atoms with E-state index in [0.717, 1.165) is 44.9 Å². The maximum absolute atomic E-state index is 11.7. The Kier molecular flexibility index (Phi) is 24.3. The molecule has 0 aliphatic carbocycles. The van der Waals surface area contributed by atoms with Crippen LogP contribution in [-0.4, -0.2) is 23.7 Å². The van der Waals surface area contributed by atoms with Crippen molar-refractivity contribution in [2.75, 3.05) is 6.61 Å². The summed E-state index contributed by atoms with van der Waals surface area (Å²) >= 11 is 0. The fraction of sp³-hybridized carbons (Fsp3) is 0.926. The summed E-state index contributed by atoms with van der Waals surface area (Å²) in [5, 5.41) is 8.57. The molecule has 0 unspecified atom stereocenters. The van der Waals surface area contributed by atoms with Gasteiger partial charge in [0.25, 0.3) is 0 Å². The quantitative estimate of drug-likeness (QED) is 0.114. The van der Waals surface area contributed by atoms with Crippen LogP contribution in [-0.2, 0) is 14.3 Å². The third-order valence-corrected chi connectivity index (χ3v) is 6.03. The second-order valence-electron chi connectivity index (χ2n) is 9.19. The molecule has 0 radical (unpaired) electrons. The zero-order valence-corrected chi connectivity index (χ0v) is 20.6. The molecule has 0 aliphatic heterocycles. The fourth-order valence-corrected chi connectivity index (χ4v) is 3.98. The Labute approximate surface area is 192 Å². The van der Waals surface area contributed by atoms with Gasteiger partial charge in [0.2, 0.25) is 0 Å². The van der Waals surface area contributed by atoms with Crippen LogP contribution < -0.4 is 0 Å². The van der Waals surface area contributed by atoms with E-state index in [1.165, 1.54) is 89.9 Å². The summed E-state index contributed by atoms with van der Waals surface area (Å²) < 4.78 is 5.30. The molecule has 0 bridgehead atoms. The van der Waals surface area contributed by atoms with Crippen LogP contribution in [0.2, 0.25) is 0 Å². The Bertz CT molecular complexity index is 395. The van der Waals surface area contributed by atoms with Crippen LogP contribution in [0.5, 0.6) is 0 Å². The van der Waals surface area contributed by atoms with Crippen molar-refractivity contribution in [3.63, 3.8) is 0 Å². The lowest BCUT2D eigenvalue weighted by molar-refractivity contribution is -0.144. The highest BCUT2D eigenvalue weighted by Gasteiger charge is 2.03. The molecule has 1 N–H and O–H groups in total. The highest BCUT2D eigenvalue weighted by atomic mass is 16.5. The molecule has 4 nitrogen and oxygen atoms in total. The lowest BCUT2D eigenvalue weighted by Gasteiger charge is -2.05. The molecule has 184 valence electrons. The van der Waals surface area contributed by atoms with Gasteiger partial charge in [0, 0.05) is 12.8 Å². The molecule has 31 heavy (non-hydrogen) atoms. The van der Waals surface area contributed by atoms with Gasteiger partial charge in [-0.15, -0.1) is 0 Å². The van der Waals surface area contributed by atoms with Gasteiger partial charge in [0.1, 0.15) is 0 Å². The molecule has 0 atom stereocenters. The molecule has 0 heterocycles. The van der Waals surface area contributed by atoms with Crippen LogP contribution in [0, 0.1) is 0 Å². The van der Waals surface area contributed by atoms with Crippen molar-refractivity contribution in [2.45, 2.75) is 155 Å². The van der Waals surface area contributed by atoms with Crippen molar-refractivity contribution < 1.29 is 19.4 Å². The van der Waals surface area contributed by atoms with Crippen molar-refractivity contribution in [2.24, 2.45) is 0 Å². The second-order valence-corrected chi connectivity index (χ2v) is 9.19. The van der Waals surface area contributed by atoms with E-state index < -0.39 is 5.97 Å². The van der Waals surface area contributed by atoms with Gasteiger partial charge in [0.05, 0.1) is 6.61 Å². The van der Waals surface area contributed by atoms with Crippen molar-refractivity contribution >= 4 is 11.9 Å². The Balaban J connectivity index is 3.14. The van der Waals surface area contributed by atoms with Crippen LogP contribution in [0.4, 0.5) is 0 Å². The summed E-state index contributed by atoms with van der Waals surface area (Å²) in [5.74, 6) is -0.802. The van der Waals surface area contributed by atoms with E-state index in [9.17, 15) is 9.59 Å². The number of hydrogen-bond donors (Lipinski definition) is 1. The number of ether oxygens (including phenoxy) is 1. The molecule has 0 aromatic rings. The summed E-state index contributed by atoms with van der Waals surface area (Å²) in [7, 11) is 0. The van der Waals surface area contributed by atoms with E-state index in [2.05, 4.69) is 6.92 Å². The van der Waals surface area contributed by atoms with Crippen LogP contribution in [0.15, 0.2) is 0 Å². The molecule has 0 amide bonds. The van der Waals surface area contributed by atoms with Gasteiger partial charge < -0.3 is 9.84 Å². The first-order valence-electron chi connectivity index (χ1n) is 13.5. The number of hydrogen-bond acceptors (Lipinski definition) is 3. The van der Waals surface area contributed by atoms with E-state index in [-0.39, 0.29) is 12.4 Å². The maximum atomic E-state index is 11.7. The Morgan fingerprint density at radius 2 is 0.871 bits per heavy atom. The van der Waals surface area contributed by atoms with Crippen molar-refractivity contribution in [1.29, 1.82) is 0 Å². The molecule has 0 aromatic carbocycles. The normalized spacial score (nSPS) is 11.0. The molecular weight excluding hydrogens is 388 g/mol. The SMILES string of the molecule is CCCCCCCCCCCCCCCCCCOC(=O)CCCCCCCC(=O)O. The predicted molar refractivity (Wildman–Crippen MR) is 130 cm³/mol. The summed E-state index contributed by atoms with van der Waals surface area (Å²) in [6.07, 6.45) is 26.8. The van der Waals surface area contributed by atoms with Crippen LogP contribution in [0.1, 0.15) is 155 Å². The highest BCUT2D eigenvalue weighted by molar-refractivity contribution is 5.69. The molecule has 4 heteroatoms. The molecule has 0 saturated heterocycles. The van der Waals surface area contributed by atoms with Gasteiger partial charge in [-0.2, -0.15) is 0 Å². The number of unbranched alkanes of at least 4 members (excludes halogenated alkanes) is 19. The molecule has 0 aromatic heterocycles. The Hall–Kier alpha value is -1.06. The van der Waals surface area contributed by atoms with Gasteiger partial charge in [-0.3, -0.25) is 9.59 Å². The third kappa shape index (κ3) is 26.9. The standard InChI is InChI=1S/C27H52O4/c1-2-3-4-5-6-7-8-9-10-11-12-13-14-15-19-22-25-31-27(30)24-21-18-16-17-20-23-26(28)29/h2-25H2,1H3,(H,28,29). The first kappa shape index (κ1) is 29.9. The van der Waals surface area contributed by atoms with Crippen molar-refractivity contribution in [1.82, 2.24) is 0 Å². The summed E-state index contributed by atoms with van der Waals surface area (Å²) in [5.41, 5.74) is 0. The Morgan fingerprint density at radius 3 is 1.29 bits per heavy atom. The van der Waals surface area contributed by atoms with E-state index in [4.69, 9.17) is 9.84 Å². The molecule has 0 fully saturated rings. The maximum Gasteiger partial charge on any atom is 0.305 e. The molecule has 0 aliphatic rings. The first-order chi connectivity index (χ1) is 15.2. The van der Waals surface area contributed by atoms with E-state index in [1.807, 2.05) is 0 Å². The van der Waals surface area contributed by atoms with E-state index in [1.54, 1.807) is 0 Å². The number of carboxylic acid groups (broad SMARTS) is 1. The number of carbonyl (C=O) groups excluding carboxylic acids is 1. The lowest BCUT2D eigenvalue weighted by Crippen LogP contribution is -2.05. The minimum absolute atomic E-state index is 0.0773. The summed E-state index contributed by atoms with van der Waals surface area (Å²) in [6.45, 7) is 2.84. The van der Waals surface area contributed by atoms with Crippen molar-refractivity contribution in [3.8, 4) is 0 Å². The van der Waals surface area contributed by atoms with Crippen LogP contribution in [0.25, 0.3) is 0 Å². The average Bonchev–Trinajstić information content (AvgIpc) is 2.75. The fourth-order valence-electron chi connectivity index (χ4n) is 3.98. The number of aliphatic carboxylic acids is 1. The summed E-state index contributed by atoms with van der Waals surface area (Å²) in [4.78, 5) is 22.1. The van der Waals surface area contributed by atoms with Crippen LogP contribution >= 0.6 is 0 Å². The van der Waals surface area contributed by atoms with Gasteiger partial charge in [-0.05, 0) is 19.3 Å². The monoisotopic (exact) mass is 440 g/mol. The molecule has 0 rings (SSSR count). The highest BCUT2D eigenvalue weighted by Crippen LogP contribution is 2.14. The number of esters is 1. The summed E-state index contributed by atoms with van der Waals surface area (Å²) in [6, 6.07) is 0. The van der Waals surface area contributed by atoms with E-state index in [0.29, 0.717) is 13.0 Å². The average molecular weight is 441 g/mol. The molecule has 0 saturated carbocycles. The zero-order valence-electron chi connectivity index (χ0n) is 20.6. The number of carboxylic acids is 1. The van der Waals surface area contributed by atoms with Gasteiger partial charge in [-0.25, -0.2) is 0 Å². The zero-order chi connectivity index (χ0) is 22.8. The topological polar surface area (TPSA) is 63.6 Å².